The monoisotopic (exact) mass is 338 g/mol. The second-order valence-corrected chi connectivity index (χ2v) is 6.47. The van der Waals surface area contributed by atoms with Crippen molar-refractivity contribution in [1.29, 1.82) is 0 Å². The van der Waals surface area contributed by atoms with Crippen molar-refractivity contribution in [2.24, 2.45) is 11.0 Å². The third-order valence-electron chi connectivity index (χ3n) is 3.79. The van der Waals surface area contributed by atoms with Gasteiger partial charge in [-0.25, -0.2) is 5.43 Å². The van der Waals surface area contributed by atoms with E-state index in [1.54, 1.807) is 0 Å². The maximum absolute atomic E-state index is 12.0. The Morgan fingerprint density at radius 3 is 2.48 bits per heavy atom. The Bertz CT molecular complexity index is 709. The van der Waals surface area contributed by atoms with Crippen molar-refractivity contribution in [3.63, 3.8) is 0 Å². The van der Waals surface area contributed by atoms with E-state index in [0.29, 0.717) is 11.7 Å². The summed E-state index contributed by atoms with van der Waals surface area (Å²) in [5.74, 6) is 1.05. The lowest BCUT2D eigenvalue weighted by Gasteiger charge is -2.11. The molecule has 0 aromatic heterocycles. The third kappa shape index (κ3) is 6.42. The minimum atomic E-state index is -0.258. The zero-order valence-electron chi connectivity index (χ0n) is 15.2. The van der Waals surface area contributed by atoms with Crippen molar-refractivity contribution in [2.45, 2.75) is 33.6 Å². The van der Waals surface area contributed by atoms with E-state index >= 15 is 0 Å². The number of carbonyl (C=O) groups excluding carboxylic acids is 1. The molecule has 2 rings (SSSR count). The van der Waals surface area contributed by atoms with Crippen LogP contribution in [0.25, 0.3) is 11.1 Å². The van der Waals surface area contributed by atoms with E-state index in [9.17, 15) is 4.79 Å². The fourth-order valence-corrected chi connectivity index (χ4v) is 2.34. The minimum Gasteiger partial charge on any atom is -0.483 e. The van der Waals surface area contributed by atoms with Crippen molar-refractivity contribution in [3.05, 3.63) is 54.6 Å². The quantitative estimate of drug-likeness (QED) is 0.562. The van der Waals surface area contributed by atoms with Crippen LogP contribution in [0, 0.1) is 5.92 Å². The van der Waals surface area contributed by atoms with E-state index in [2.05, 4.69) is 24.4 Å². The molecular formula is C21H26N2O2. The van der Waals surface area contributed by atoms with E-state index in [0.717, 1.165) is 29.7 Å². The van der Waals surface area contributed by atoms with Crippen LogP contribution in [-0.2, 0) is 4.79 Å². The number of para-hydroxylation sites is 1. The summed E-state index contributed by atoms with van der Waals surface area (Å²) in [7, 11) is 0. The van der Waals surface area contributed by atoms with E-state index in [1.165, 1.54) is 0 Å². The Morgan fingerprint density at radius 2 is 1.76 bits per heavy atom. The van der Waals surface area contributed by atoms with Crippen LogP contribution < -0.4 is 10.2 Å². The van der Waals surface area contributed by atoms with Crippen LogP contribution in [0.5, 0.6) is 5.75 Å². The minimum absolute atomic E-state index is 0.0647. The fourth-order valence-electron chi connectivity index (χ4n) is 2.34. The predicted molar refractivity (Wildman–Crippen MR) is 103 cm³/mol. The van der Waals surface area contributed by atoms with Crippen molar-refractivity contribution in [1.82, 2.24) is 5.43 Å². The van der Waals surface area contributed by atoms with Crippen LogP contribution in [0.4, 0.5) is 0 Å². The Hall–Kier alpha value is -2.62. The number of benzene rings is 2. The molecule has 0 aliphatic carbocycles. The third-order valence-corrected chi connectivity index (χ3v) is 3.79. The molecule has 25 heavy (non-hydrogen) atoms. The molecule has 4 heteroatoms. The molecule has 0 atom stereocenters. The lowest BCUT2D eigenvalue weighted by Crippen LogP contribution is -2.25. The van der Waals surface area contributed by atoms with Gasteiger partial charge in [-0.2, -0.15) is 5.10 Å². The molecule has 2 aromatic rings. The Labute approximate surface area is 149 Å². The summed E-state index contributed by atoms with van der Waals surface area (Å²) in [6.45, 7) is 6.20. The predicted octanol–water partition coefficient (Wildman–Crippen LogP) is 4.66. The Kier molecular flexibility index (Phi) is 7.20. The molecule has 0 unspecified atom stereocenters. The number of hydrogen-bond donors (Lipinski definition) is 1. The highest BCUT2D eigenvalue weighted by Gasteiger charge is 2.08. The molecule has 0 aliphatic heterocycles. The number of nitrogens with zero attached hydrogens (tertiary/aromatic N) is 1. The highest BCUT2D eigenvalue weighted by molar-refractivity contribution is 5.84. The number of ether oxygens (including phenoxy) is 1. The van der Waals surface area contributed by atoms with Crippen molar-refractivity contribution in [3.8, 4) is 16.9 Å². The lowest BCUT2D eigenvalue weighted by molar-refractivity contribution is -0.123. The summed E-state index contributed by atoms with van der Waals surface area (Å²) < 4.78 is 5.70. The van der Waals surface area contributed by atoms with Gasteiger partial charge in [-0.3, -0.25) is 4.79 Å². The van der Waals surface area contributed by atoms with Crippen LogP contribution in [-0.4, -0.2) is 18.2 Å². The largest absolute Gasteiger partial charge is 0.483 e. The first-order chi connectivity index (χ1) is 12.1. The van der Waals surface area contributed by atoms with Gasteiger partial charge in [-0.05, 0) is 37.3 Å². The van der Waals surface area contributed by atoms with Gasteiger partial charge in [-0.1, -0.05) is 62.4 Å². The maximum atomic E-state index is 12.0. The average Bonchev–Trinajstić information content (AvgIpc) is 2.64. The Balaban J connectivity index is 1.91. The van der Waals surface area contributed by atoms with Crippen LogP contribution in [0.2, 0.25) is 0 Å². The fraction of sp³-hybridized carbons (Fsp3) is 0.333. The number of nitrogens with one attached hydrogen (secondary N) is 1. The van der Waals surface area contributed by atoms with E-state index in [-0.39, 0.29) is 12.5 Å². The van der Waals surface area contributed by atoms with Crippen LogP contribution in [0.1, 0.15) is 33.6 Å². The summed E-state index contributed by atoms with van der Waals surface area (Å²) in [6.07, 6.45) is 1.95. The molecule has 4 nitrogen and oxygen atoms in total. The molecule has 0 saturated carbocycles. The number of hydrogen-bond acceptors (Lipinski definition) is 3. The van der Waals surface area contributed by atoms with Crippen molar-refractivity contribution >= 4 is 11.6 Å². The second kappa shape index (κ2) is 9.62. The van der Waals surface area contributed by atoms with Gasteiger partial charge in [0.05, 0.1) is 0 Å². The van der Waals surface area contributed by atoms with Gasteiger partial charge in [0, 0.05) is 11.3 Å². The summed E-state index contributed by atoms with van der Waals surface area (Å²) in [6, 6.07) is 17.7. The first-order valence-corrected chi connectivity index (χ1v) is 8.65. The summed E-state index contributed by atoms with van der Waals surface area (Å²) in [5.41, 5.74) is 5.50. The molecular weight excluding hydrogens is 312 g/mol. The standard InChI is InChI=1S/C21H26N2O2/c1-16(2)13-14-17(3)22-23-21(24)15-25-20-12-8-7-11-19(20)18-9-5-4-6-10-18/h4-12,16H,13-15H2,1-3H3,(H,23,24)/b22-17+. The molecule has 2 aromatic carbocycles. The molecule has 0 spiro atoms. The van der Waals surface area contributed by atoms with E-state index < -0.39 is 0 Å². The van der Waals surface area contributed by atoms with E-state index in [1.807, 2.05) is 61.5 Å². The molecule has 0 aliphatic rings. The molecule has 0 saturated heterocycles. The average molecular weight is 338 g/mol. The smallest absolute Gasteiger partial charge is 0.277 e. The maximum Gasteiger partial charge on any atom is 0.277 e. The van der Waals surface area contributed by atoms with Crippen LogP contribution in [0.15, 0.2) is 59.7 Å². The zero-order valence-corrected chi connectivity index (χ0v) is 15.2. The topological polar surface area (TPSA) is 50.7 Å². The highest BCUT2D eigenvalue weighted by Crippen LogP contribution is 2.29. The molecule has 0 heterocycles. The number of amides is 1. The van der Waals surface area contributed by atoms with E-state index in [4.69, 9.17) is 4.74 Å². The lowest BCUT2D eigenvalue weighted by atomic mass is 10.1. The van der Waals surface area contributed by atoms with Gasteiger partial charge >= 0.3 is 0 Å². The summed E-state index contributed by atoms with van der Waals surface area (Å²) in [5, 5.41) is 4.13. The molecule has 0 bridgehead atoms. The van der Waals surface area contributed by atoms with Gasteiger partial charge in [0.25, 0.3) is 5.91 Å². The van der Waals surface area contributed by atoms with Gasteiger partial charge in [-0.15, -0.1) is 0 Å². The molecule has 0 radical (unpaired) electrons. The van der Waals surface area contributed by atoms with Crippen molar-refractivity contribution in [2.75, 3.05) is 6.61 Å². The molecule has 132 valence electrons. The van der Waals surface area contributed by atoms with Crippen LogP contribution in [0.3, 0.4) is 0 Å². The van der Waals surface area contributed by atoms with Gasteiger partial charge in [0.1, 0.15) is 5.75 Å². The summed E-state index contributed by atoms with van der Waals surface area (Å²) >= 11 is 0. The van der Waals surface area contributed by atoms with Crippen molar-refractivity contribution < 1.29 is 9.53 Å². The number of rotatable bonds is 8. The van der Waals surface area contributed by atoms with Crippen LogP contribution >= 0.6 is 0 Å². The number of carbonyl (C=O) groups is 1. The van der Waals surface area contributed by atoms with Gasteiger partial charge in [0.15, 0.2) is 6.61 Å². The Morgan fingerprint density at radius 1 is 1.08 bits per heavy atom. The zero-order chi connectivity index (χ0) is 18.1. The highest BCUT2D eigenvalue weighted by atomic mass is 16.5. The van der Waals surface area contributed by atoms with Gasteiger partial charge < -0.3 is 4.74 Å². The first kappa shape index (κ1) is 18.7. The summed E-state index contributed by atoms with van der Waals surface area (Å²) in [4.78, 5) is 12.0. The second-order valence-electron chi connectivity index (χ2n) is 6.47. The van der Waals surface area contributed by atoms with Gasteiger partial charge in [0.2, 0.25) is 0 Å². The SMILES string of the molecule is C/C(CCC(C)C)=N\NC(=O)COc1ccccc1-c1ccccc1. The number of hydrazone groups is 1. The molecule has 1 N–H and O–H groups in total. The first-order valence-electron chi connectivity index (χ1n) is 8.65. The normalized spacial score (nSPS) is 11.4. The molecule has 1 amide bonds. The molecule has 0 fully saturated rings.